The van der Waals surface area contributed by atoms with Crippen LogP contribution in [0.4, 0.5) is 0 Å². The Balaban J connectivity index is 0.829. The molecular formula is C101H100N6O35. The molecule has 0 unspecified atom stereocenters. The topological polar surface area (TPSA) is 487 Å². The van der Waals surface area contributed by atoms with Crippen LogP contribution in [0.5, 0.6) is 11.5 Å². The Hall–Kier alpha value is -13.7. The number of ether oxygens (including phenoxy) is 22. The van der Waals surface area contributed by atoms with E-state index in [1.807, 2.05) is 0 Å². The SMILES string of the molecule is COc1ccc(OC[C@H]2O[C@@H](N=[N+]=[N-])[C@H](N3C(=O)c4ccccc4C3=O)[C@@H](OCc3ccccc3)[C@@H]2O[C@@H]2O[C@H](COCc3ccccc3)[C@@H](O[C@@H]3O[C@@H]4CO[C@@H](c5ccccc5)O[C@H]4[C@H](O[C@H]4O[C@H](COC(C)=O)[C@@H](OC(C)=O)[C@H](OC(C)=O)[C@@H]4O[C@@H]4O[C@H](COC(C)=O)[C@@H](OC(C)=O)[C@H](OC(C)=O)[C@H]4N4C(=O)c5ccccc5C4=O)[C@@H]3O)[C@H](OCc3ccccc3)[C@H]2N2C(=O)c3ccccc3C2=O)cc1. The van der Waals surface area contributed by atoms with Gasteiger partial charge in [0.1, 0.15) is 123 Å². The number of nitrogens with zero attached hydrogens (tertiary/aromatic N) is 6. The maximum Gasteiger partial charge on any atom is 0.303 e. The van der Waals surface area contributed by atoms with Crippen molar-refractivity contribution in [3.8, 4) is 11.5 Å². The standard InChI is InChI=1S/C101H100N6O35/c1-52(108)123-48-72-81(129-54(3)110)86(131-56(5)112)77(107-95(119)68-38-24-25-39-69(68)96(107)120)99(135-72)142-89-88(132-57(6)113)83(130-55(4)111)73(49-124-53(2)109)137-101(89)141-87-78(114)100(136-74-51-128-97(138-82(74)87)61-32-18-11-19-33-61)140-79-70(47-122-44-58-26-12-8-13-27-58)134-98(76(85(79)127-46-60-30-16-10-17-31-60)106-93(117)66-36-22-23-37-67(66)94(106)118)139-80-71(50-125-63-42-40-62(121-7)41-43-63)133-90(103-104-102)75(84(80)126-45-59-28-14-9-15-29-59)105-91(115)64-34-20-21-35-65(64)92(105)116/h8-43,70-90,97-101,114H,44-51H2,1-7H3/t70-,71-,72-,73-,74-,75-,76-,77-,78+,79-,80-,81-,82-,83-,84-,85-,86-,87-,88+,89+,90-,97-,98+,99+,100+,101-/m1/s1. The Labute approximate surface area is 811 Å². The molecule has 0 aliphatic carbocycles. The number of aliphatic hydroxyl groups is 1. The molecule has 6 saturated heterocycles. The first-order valence-corrected chi connectivity index (χ1v) is 45.7. The Morgan fingerprint density at radius 3 is 1.20 bits per heavy atom. The number of methoxy groups -OCH3 is 1. The van der Waals surface area contributed by atoms with Gasteiger partial charge in [-0.05, 0) is 82.9 Å². The lowest BCUT2D eigenvalue weighted by atomic mass is 9.92. The minimum absolute atomic E-state index is 0.0289. The van der Waals surface area contributed by atoms with Crippen LogP contribution >= 0.6 is 0 Å². The third-order valence-corrected chi connectivity index (χ3v) is 25.1. The van der Waals surface area contributed by atoms with Crippen LogP contribution in [0.3, 0.4) is 0 Å². The van der Waals surface area contributed by atoms with E-state index in [2.05, 4.69) is 10.0 Å². The molecule has 17 rings (SSSR count). The fourth-order valence-corrected chi connectivity index (χ4v) is 18.9. The zero-order valence-corrected chi connectivity index (χ0v) is 77.5. The van der Waals surface area contributed by atoms with Crippen LogP contribution in [0.1, 0.15) is 132 Å². The van der Waals surface area contributed by atoms with Gasteiger partial charge in [0.15, 0.2) is 68.2 Å². The van der Waals surface area contributed by atoms with Crippen molar-refractivity contribution in [1.29, 1.82) is 0 Å². The van der Waals surface area contributed by atoms with Crippen LogP contribution in [0.25, 0.3) is 10.4 Å². The normalized spacial score (nSPS) is 29.8. The summed E-state index contributed by atoms with van der Waals surface area (Å²) < 4.78 is 147. The third kappa shape index (κ3) is 21.7. The van der Waals surface area contributed by atoms with Crippen molar-refractivity contribution in [1.82, 2.24) is 14.7 Å². The van der Waals surface area contributed by atoms with E-state index in [1.54, 1.807) is 158 Å². The van der Waals surface area contributed by atoms with Gasteiger partial charge in [0.25, 0.3) is 35.4 Å². The predicted molar refractivity (Wildman–Crippen MR) is 480 cm³/mol. The number of imide groups is 3. The van der Waals surface area contributed by atoms with E-state index in [0.717, 1.165) is 51.3 Å². The molecular weight excluding hydrogens is 1860 g/mol. The van der Waals surface area contributed by atoms with E-state index >= 15 is 28.8 Å². The molecule has 0 saturated carbocycles. The highest BCUT2D eigenvalue weighted by Crippen LogP contribution is 2.47. The summed E-state index contributed by atoms with van der Waals surface area (Å²) in [6.07, 6.45) is -44.2. The molecule has 6 amide bonds. The summed E-state index contributed by atoms with van der Waals surface area (Å²) in [6.45, 7) is 1.74. The van der Waals surface area contributed by atoms with Gasteiger partial charge in [-0.25, -0.2) is 0 Å². The smallest absolute Gasteiger partial charge is 0.303 e. The summed E-state index contributed by atoms with van der Waals surface area (Å²) in [4.78, 5) is 180. The number of rotatable bonds is 35. The molecule has 744 valence electrons. The van der Waals surface area contributed by atoms with Gasteiger partial charge in [0.05, 0.1) is 73.5 Å². The molecule has 1 N–H and O–H groups in total. The van der Waals surface area contributed by atoms with Gasteiger partial charge >= 0.3 is 35.8 Å². The second kappa shape index (κ2) is 44.6. The molecule has 41 heteroatoms. The number of aliphatic hydroxyl groups excluding tert-OH is 1. The molecule has 41 nitrogen and oxygen atoms in total. The number of benzene rings is 8. The molecule has 8 aromatic rings. The summed E-state index contributed by atoms with van der Waals surface area (Å²) >= 11 is 0. The molecule has 9 heterocycles. The van der Waals surface area contributed by atoms with Crippen molar-refractivity contribution < 1.29 is 167 Å². The maximum absolute atomic E-state index is 16.2. The number of hydrogen-bond acceptors (Lipinski definition) is 36. The predicted octanol–water partition coefficient (Wildman–Crippen LogP) is 8.26. The largest absolute Gasteiger partial charge is 0.497 e. The first-order valence-electron chi connectivity index (χ1n) is 45.7. The van der Waals surface area contributed by atoms with E-state index in [4.69, 9.17) is 104 Å². The van der Waals surface area contributed by atoms with Crippen LogP contribution < -0.4 is 9.47 Å². The highest BCUT2D eigenvalue weighted by molar-refractivity contribution is 6.23. The summed E-state index contributed by atoms with van der Waals surface area (Å²) in [5.41, 5.74) is 12.1. The second-order valence-corrected chi connectivity index (χ2v) is 34.5. The molecule has 9 aliphatic rings. The van der Waals surface area contributed by atoms with Crippen molar-refractivity contribution in [3.05, 3.63) is 284 Å². The summed E-state index contributed by atoms with van der Waals surface area (Å²) in [5, 5.41) is 18.4. The molecule has 6 fully saturated rings. The maximum atomic E-state index is 16.2. The van der Waals surface area contributed by atoms with Crippen molar-refractivity contribution in [2.24, 2.45) is 5.11 Å². The average Bonchev–Trinajstić information content (AvgIpc) is 1.41. The summed E-state index contributed by atoms with van der Waals surface area (Å²) in [5.74, 6) is -11.2. The first kappa shape index (κ1) is 99.9. The number of esters is 6. The lowest BCUT2D eigenvalue weighted by molar-refractivity contribution is -0.413. The third-order valence-electron chi connectivity index (χ3n) is 25.1. The van der Waals surface area contributed by atoms with E-state index in [1.165, 1.54) is 67.8 Å². The number of carbonyl (C=O) groups is 12. The minimum atomic E-state index is -2.35. The van der Waals surface area contributed by atoms with Gasteiger partial charge in [-0.1, -0.05) is 163 Å². The number of azide groups is 1. The van der Waals surface area contributed by atoms with Crippen LogP contribution in [0, 0.1) is 0 Å². The summed E-state index contributed by atoms with van der Waals surface area (Å²) in [7, 11) is 1.47. The highest BCUT2D eigenvalue weighted by atomic mass is 16.8. The first-order chi connectivity index (χ1) is 68.7. The second-order valence-electron chi connectivity index (χ2n) is 34.5. The van der Waals surface area contributed by atoms with Crippen molar-refractivity contribution >= 4 is 71.3 Å². The van der Waals surface area contributed by atoms with Crippen molar-refractivity contribution in [2.75, 3.05) is 40.1 Å². The van der Waals surface area contributed by atoms with Crippen molar-refractivity contribution in [3.63, 3.8) is 0 Å². The fourth-order valence-electron chi connectivity index (χ4n) is 18.9. The molecule has 0 spiro atoms. The number of amides is 6. The Kier molecular flexibility index (Phi) is 31.4. The van der Waals surface area contributed by atoms with Gasteiger partial charge in [-0.15, -0.1) is 0 Å². The highest BCUT2D eigenvalue weighted by Gasteiger charge is 2.66. The van der Waals surface area contributed by atoms with Crippen molar-refractivity contribution in [2.45, 2.75) is 221 Å². The van der Waals surface area contributed by atoms with Crippen LogP contribution in [0.2, 0.25) is 0 Å². The Morgan fingerprint density at radius 1 is 0.373 bits per heavy atom. The quantitative estimate of drug-likeness (QED) is 0.00974. The lowest BCUT2D eigenvalue weighted by Crippen LogP contribution is -2.72. The molecule has 0 bridgehead atoms. The van der Waals surface area contributed by atoms with E-state index in [-0.39, 0.29) is 52.3 Å². The monoisotopic (exact) mass is 1960 g/mol. The number of fused-ring (bicyclic) bond motifs is 4. The lowest BCUT2D eigenvalue weighted by Gasteiger charge is -2.54. The van der Waals surface area contributed by atoms with Crippen LogP contribution in [-0.2, 0) is 143 Å². The molecule has 26 atom stereocenters. The zero-order chi connectivity index (χ0) is 99.7. The molecule has 9 aliphatic heterocycles. The van der Waals surface area contributed by atoms with Gasteiger partial charge in [-0.2, -0.15) is 0 Å². The van der Waals surface area contributed by atoms with Gasteiger partial charge in [0.2, 0.25) is 0 Å². The average molecular weight is 1960 g/mol. The molecule has 0 aromatic heterocycles. The van der Waals surface area contributed by atoms with Gasteiger partial charge in [0, 0.05) is 52.0 Å². The zero-order valence-electron chi connectivity index (χ0n) is 77.5. The molecule has 142 heavy (non-hydrogen) atoms. The molecule has 8 aromatic carbocycles. The van der Waals surface area contributed by atoms with Gasteiger partial charge in [-0.3, -0.25) is 72.2 Å². The van der Waals surface area contributed by atoms with E-state index in [9.17, 15) is 39.4 Å². The molecule has 0 radical (unpaired) electrons. The Bertz CT molecular complexity index is 5880. The van der Waals surface area contributed by atoms with E-state index < -0.39 is 270 Å². The summed E-state index contributed by atoms with van der Waals surface area (Å²) in [6, 6.07) is 52.7. The minimum Gasteiger partial charge on any atom is -0.497 e. The number of carbonyl (C=O) groups excluding carboxylic acids is 12. The Morgan fingerprint density at radius 2 is 0.746 bits per heavy atom. The van der Waals surface area contributed by atoms with Crippen LogP contribution in [-0.4, -0.2) is 284 Å². The van der Waals surface area contributed by atoms with Gasteiger partial charge < -0.3 is 109 Å². The van der Waals surface area contributed by atoms with Crippen LogP contribution in [0.15, 0.2) is 224 Å². The fraction of sp³-hybridized carbons (Fsp3) is 0.406. The number of hydrogen-bond donors (Lipinski definition) is 1. The van der Waals surface area contributed by atoms with E-state index in [0.29, 0.717) is 32.9 Å².